The SMILES string of the molecule is CCCCCCCC/C=C/CCCCCCCCCCCCCCCCCCCC(=O)NC(COP(=O)([O-])OCC[N+](C)(C)C)C(/C=C\CCCCCCCCCCCC)OC(=O)CCCCCCCCCCCCCCCCCCCCCCC. The van der Waals surface area contributed by atoms with Gasteiger partial charge in [0.1, 0.15) is 19.3 Å². The minimum atomic E-state index is -4.70. The van der Waals surface area contributed by atoms with E-state index in [0.29, 0.717) is 17.4 Å². The van der Waals surface area contributed by atoms with Crippen molar-refractivity contribution in [2.24, 2.45) is 0 Å². The van der Waals surface area contributed by atoms with Gasteiger partial charge in [-0.2, -0.15) is 0 Å². The van der Waals surface area contributed by atoms with E-state index in [9.17, 15) is 19.0 Å². The number of phosphoric acid groups is 1. The lowest BCUT2D eigenvalue weighted by Crippen LogP contribution is -2.47. The Morgan fingerprint density at radius 2 is 0.674 bits per heavy atom. The van der Waals surface area contributed by atoms with Crippen LogP contribution in [-0.4, -0.2) is 69.4 Å². The number of hydrogen-bond donors (Lipinski definition) is 1. The van der Waals surface area contributed by atoms with Gasteiger partial charge in [-0.15, -0.1) is 0 Å². The first-order valence-corrected chi connectivity index (χ1v) is 39.6. The zero-order chi connectivity index (χ0) is 62.8. The molecule has 10 heteroatoms. The molecule has 0 spiro atoms. The fraction of sp³-hybridized carbons (Fsp3) is 0.921. The Bertz CT molecular complexity index is 1520. The molecular formula is C76H149N2O7P. The number of phosphoric ester groups is 1. The van der Waals surface area contributed by atoms with E-state index in [0.717, 1.165) is 57.8 Å². The Balaban J connectivity index is 4.92. The Morgan fingerprint density at radius 1 is 0.395 bits per heavy atom. The molecule has 9 nitrogen and oxygen atoms in total. The van der Waals surface area contributed by atoms with Crippen LogP contribution in [0, 0.1) is 0 Å². The standard InChI is InChI=1S/C76H149N2O7P/c1-7-10-13-16-19-22-25-28-30-32-34-36-37-38-39-40-41-43-44-46-48-50-53-56-59-62-65-68-75(79)77-73(72-84-86(81,82)83-71-70-78(4,5)6)74(67-64-61-58-55-52-27-24-21-18-15-12-9-3)85-76(80)69-66-63-60-57-54-51-49-47-45-42-35-33-31-29-26-23-20-17-14-11-8-2/h28,30,64,67,73-74H,7-27,29,31-63,65-66,68-72H2,1-6H3,(H-,77,79,81,82)/b30-28+,67-64-. The number of esters is 1. The highest BCUT2D eigenvalue weighted by molar-refractivity contribution is 7.45. The number of unbranched alkanes of at least 4 members (excludes halogenated alkanes) is 53. The van der Waals surface area contributed by atoms with E-state index in [4.69, 9.17) is 13.8 Å². The summed E-state index contributed by atoms with van der Waals surface area (Å²) in [4.78, 5) is 40.2. The summed E-state index contributed by atoms with van der Waals surface area (Å²) in [6.45, 7) is 6.92. The number of ether oxygens (including phenoxy) is 1. The minimum Gasteiger partial charge on any atom is -0.756 e. The minimum absolute atomic E-state index is 0.0175. The maximum absolute atomic E-state index is 13.6. The number of allylic oxidation sites excluding steroid dienone is 3. The average Bonchev–Trinajstić information content (AvgIpc) is 3.67. The third-order valence-electron chi connectivity index (χ3n) is 17.6. The van der Waals surface area contributed by atoms with E-state index in [2.05, 4.69) is 38.2 Å². The first-order chi connectivity index (χ1) is 41.9. The number of nitrogens with one attached hydrogen (secondary N) is 1. The number of hydrogen-bond acceptors (Lipinski definition) is 7. The van der Waals surface area contributed by atoms with Gasteiger partial charge in [-0.3, -0.25) is 14.2 Å². The highest BCUT2D eigenvalue weighted by Gasteiger charge is 2.27. The Hall–Kier alpha value is -1.51. The fourth-order valence-electron chi connectivity index (χ4n) is 11.8. The van der Waals surface area contributed by atoms with Gasteiger partial charge in [0, 0.05) is 12.8 Å². The largest absolute Gasteiger partial charge is 0.756 e. The Kier molecular flexibility index (Phi) is 65.2. The van der Waals surface area contributed by atoms with Crippen LogP contribution < -0.4 is 10.2 Å². The lowest BCUT2D eigenvalue weighted by Gasteiger charge is -2.30. The third kappa shape index (κ3) is 66.9. The average molecular weight is 1230 g/mol. The summed E-state index contributed by atoms with van der Waals surface area (Å²) in [5.41, 5.74) is 0. The van der Waals surface area contributed by atoms with Crippen LogP contribution >= 0.6 is 7.82 Å². The molecule has 3 atom stereocenters. The van der Waals surface area contributed by atoms with Crippen molar-refractivity contribution in [3.05, 3.63) is 24.3 Å². The third-order valence-corrected chi connectivity index (χ3v) is 18.6. The summed E-state index contributed by atoms with van der Waals surface area (Å²) in [6, 6.07) is -0.883. The Morgan fingerprint density at radius 3 is 0.988 bits per heavy atom. The van der Waals surface area contributed by atoms with Crippen LogP contribution in [0.25, 0.3) is 0 Å². The maximum Gasteiger partial charge on any atom is 0.306 e. The van der Waals surface area contributed by atoms with Crippen LogP contribution in [0.2, 0.25) is 0 Å². The van der Waals surface area contributed by atoms with Gasteiger partial charge in [-0.1, -0.05) is 354 Å². The summed E-state index contributed by atoms with van der Waals surface area (Å²) < 4.78 is 30.5. The molecule has 0 aromatic rings. The molecule has 0 rings (SSSR count). The summed E-state index contributed by atoms with van der Waals surface area (Å²) in [5.74, 6) is -0.514. The molecule has 0 saturated heterocycles. The molecule has 0 aliphatic rings. The predicted octanol–water partition coefficient (Wildman–Crippen LogP) is 23.8. The molecule has 3 unspecified atom stereocenters. The van der Waals surface area contributed by atoms with Gasteiger partial charge in [0.15, 0.2) is 0 Å². The molecule has 86 heavy (non-hydrogen) atoms. The predicted molar refractivity (Wildman–Crippen MR) is 372 cm³/mol. The molecule has 0 aromatic heterocycles. The van der Waals surface area contributed by atoms with Crippen molar-refractivity contribution >= 4 is 19.7 Å². The van der Waals surface area contributed by atoms with Crippen LogP contribution in [0.3, 0.4) is 0 Å². The van der Waals surface area contributed by atoms with Crippen LogP contribution in [-0.2, 0) is 27.9 Å². The molecule has 510 valence electrons. The number of carbonyl (C=O) groups is 2. The number of rotatable bonds is 71. The Labute approximate surface area is 536 Å². The van der Waals surface area contributed by atoms with E-state index < -0.39 is 20.0 Å². The van der Waals surface area contributed by atoms with E-state index in [1.807, 2.05) is 33.3 Å². The monoisotopic (exact) mass is 1230 g/mol. The van der Waals surface area contributed by atoms with Gasteiger partial charge in [0.2, 0.25) is 5.91 Å². The normalized spacial score (nSPS) is 13.5. The molecule has 0 aliphatic carbocycles. The number of amides is 1. The molecule has 0 aliphatic heterocycles. The first kappa shape index (κ1) is 84.5. The van der Waals surface area contributed by atoms with Crippen molar-refractivity contribution in [2.75, 3.05) is 40.9 Å². The number of nitrogens with zero attached hydrogens (tertiary/aromatic N) is 1. The van der Waals surface area contributed by atoms with Crippen LogP contribution in [0.5, 0.6) is 0 Å². The van der Waals surface area contributed by atoms with E-state index >= 15 is 0 Å². The van der Waals surface area contributed by atoms with Crippen molar-refractivity contribution in [1.29, 1.82) is 0 Å². The summed E-state index contributed by atoms with van der Waals surface area (Å²) >= 11 is 0. The molecule has 0 saturated carbocycles. The van der Waals surface area contributed by atoms with E-state index in [1.165, 1.54) is 308 Å². The molecule has 0 fully saturated rings. The zero-order valence-electron chi connectivity index (χ0n) is 58.6. The van der Waals surface area contributed by atoms with Gasteiger partial charge in [0.05, 0.1) is 33.8 Å². The quantitative estimate of drug-likeness (QED) is 0.0212. The summed E-state index contributed by atoms with van der Waals surface area (Å²) in [6.07, 6.45) is 81.8. The van der Waals surface area contributed by atoms with Crippen molar-refractivity contribution in [3.63, 3.8) is 0 Å². The van der Waals surface area contributed by atoms with Gasteiger partial charge in [0.25, 0.3) is 7.82 Å². The van der Waals surface area contributed by atoms with Crippen molar-refractivity contribution < 1.29 is 37.3 Å². The zero-order valence-corrected chi connectivity index (χ0v) is 59.5. The lowest BCUT2D eigenvalue weighted by atomic mass is 10.0. The molecule has 0 radical (unpaired) electrons. The summed E-state index contributed by atoms with van der Waals surface area (Å²) in [7, 11) is 1.21. The molecule has 1 N–H and O–H groups in total. The second-order valence-corrected chi connectivity index (χ2v) is 28.9. The fourth-order valence-corrected chi connectivity index (χ4v) is 12.5. The molecular weight excluding hydrogens is 1080 g/mol. The van der Waals surface area contributed by atoms with Crippen LogP contribution in [0.15, 0.2) is 24.3 Å². The van der Waals surface area contributed by atoms with Crippen LogP contribution in [0.4, 0.5) is 0 Å². The van der Waals surface area contributed by atoms with E-state index in [-0.39, 0.29) is 31.5 Å². The van der Waals surface area contributed by atoms with E-state index in [1.54, 1.807) is 0 Å². The van der Waals surface area contributed by atoms with Crippen molar-refractivity contribution in [2.45, 2.75) is 412 Å². The van der Waals surface area contributed by atoms with Gasteiger partial charge >= 0.3 is 5.97 Å². The lowest BCUT2D eigenvalue weighted by molar-refractivity contribution is -0.870. The van der Waals surface area contributed by atoms with Gasteiger partial charge in [-0.05, 0) is 57.4 Å². The number of quaternary nitrogens is 1. The van der Waals surface area contributed by atoms with Crippen molar-refractivity contribution in [1.82, 2.24) is 5.32 Å². The van der Waals surface area contributed by atoms with Crippen molar-refractivity contribution in [3.8, 4) is 0 Å². The van der Waals surface area contributed by atoms with Gasteiger partial charge in [-0.25, -0.2) is 0 Å². The highest BCUT2D eigenvalue weighted by atomic mass is 31.2. The maximum atomic E-state index is 13.6. The molecule has 1 amide bonds. The first-order valence-electron chi connectivity index (χ1n) is 38.1. The number of carbonyl (C=O) groups excluding carboxylic acids is 2. The highest BCUT2D eigenvalue weighted by Crippen LogP contribution is 2.38. The van der Waals surface area contributed by atoms with Gasteiger partial charge < -0.3 is 28.5 Å². The topological polar surface area (TPSA) is 114 Å². The molecule has 0 bridgehead atoms. The molecule has 0 aromatic carbocycles. The van der Waals surface area contributed by atoms with Crippen LogP contribution in [0.1, 0.15) is 400 Å². The molecule has 0 heterocycles. The smallest absolute Gasteiger partial charge is 0.306 e. The second kappa shape index (κ2) is 66.4. The number of likely N-dealkylation sites (N-methyl/N-ethyl adjacent to an activating group) is 1. The second-order valence-electron chi connectivity index (χ2n) is 27.5. The summed E-state index contributed by atoms with van der Waals surface area (Å²) in [5, 5.41) is 3.06.